The van der Waals surface area contributed by atoms with E-state index in [9.17, 15) is 0 Å². The minimum absolute atomic E-state index is 0.0189. The van der Waals surface area contributed by atoms with E-state index in [4.69, 9.17) is 4.74 Å². The third kappa shape index (κ3) is 2.70. The lowest BCUT2D eigenvalue weighted by atomic mass is 9.90. The Morgan fingerprint density at radius 2 is 1.95 bits per heavy atom. The number of hydrogen-bond acceptors (Lipinski definition) is 3. The van der Waals surface area contributed by atoms with Crippen molar-refractivity contribution >= 4 is 16.9 Å². The number of nitrogens with one attached hydrogen (secondary N) is 1. The summed E-state index contributed by atoms with van der Waals surface area (Å²) in [5.41, 5.74) is 4.87. The van der Waals surface area contributed by atoms with Crippen molar-refractivity contribution in [1.82, 2.24) is 0 Å². The molecular formula is C16H24N2O. The van der Waals surface area contributed by atoms with E-state index in [1.165, 1.54) is 22.5 Å². The molecule has 0 saturated heterocycles. The average Bonchev–Trinajstić information content (AvgIpc) is 2.28. The van der Waals surface area contributed by atoms with Gasteiger partial charge in [0.15, 0.2) is 0 Å². The van der Waals surface area contributed by atoms with Crippen LogP contribution in [-0.2, 0) is 0 Å². The molecule has 0 radical (unpaired) electrons. The predicted octanol–water partition coefficient (Wildman–Crippen LogP) is 3.76. The highest BCUT2D eigenvalue weighted by molar-refractivity contribution is 5.89. The summed E-state index contributed by atoms with van der Waals surface area (Å²) >= 11 is 0. The van der Waals surface area contributed by atoms with Crippen LogP contribution in [0.3, 0.4) is 0 Å². The molecule has 3 heteroatoms. The second-order valence-electron chi connectivity index (χ2n) is 5.87. The maximum Gasteiger partial charge on any atom is 0.122 e. The zero-order chi connectivity index (χ0) is 14.2. The van der Waals surface area contributed by atoms with Crippen molar-refractivity contribution < 1.29 is 4.74 Å². The zero-order valence-electron chi connectivity index (χ0n) is 12.8. The van der Waals surface area contributed by atoms with Gasteiger partial charge in [-0.25, -0.2) is 0 Å². The largest absolute Gasteiger partial charge is 0.494 e. The van der Waals surface area contributed by atoms with Crippen LogP contribution in [0.5, 0.6) is 5.75 Å². The van der Waals surface area contributed by atoms with Gasteiger partial charge in [0.05, 0.1) is 23.5 Å². The third-order valence-electron chi connectivity index (χ3n) is 3.33. The van der Waals surface area contributed by atoms with Gasteiger partial charge in [-0.3, -0.25) is 0 Å². The van der Waals surface area contributed by atoms with E-state index in [-0.39, 0.29) is 5.54 Å². The predicted molar refractivity (Wildman–Crippen MR) is 83.3 cm³/mol. The van der Waals surface area contributed by atoms with Gasteiger partial charge in [-0.2, -0.15) is 0 Å². The first-order chi connectivity index (χ1) is 8.84. The molecule has 2 rings (SSSR count). The second-order valence-corrected chi connectivity index (χ2v) is 5.87. The Morgan fingerprint density at radius 3 is 2.53 bits per heavy atom. The van der Waals surface area contributed by atoms with Gasteiger partial charge >= 0.3 is 0 Å². The first kappa shape index (κ1) is 13.8. The first-order valence-corrected chi connectivity index (χ1v) is 6.80. The summed E-state index contributed by atoms with van der Waals surface area (Å²) < 4.78 is 5.68. The van der Waals surface area contributed by atoms with Crippen molar-refractivity contribution in [2.75, 3.05) is 30.9 Å². The molecule has 0 amide bonds. The highest BCUT2D eigenvalue weighted by Crippen LogP contribution is 2.42. The molecular weight excluding hydrogens is 236 g/mol. The Hall–Kier alpha value is -1.64. The van der Waals surface area contributed by atoms with Gasteiger partial charge in [-0.1, -0.05) is 6.08 Å². The van der Waals surface area contributed by atoms with Crippen LogP contribution in [0.15, 0.2) is 18.2 Å². The summed E-state index contributed by atoms with van der Waals surface area (Å²) in [6, 6.07) is 4.23. The average molecular weight is 260 g/mol. The smallest absolute Gasteiger partial charge is 0.122 e. The van der Waals surface area contributed by atoms with Crippen LogP contribution < -0.4 is 15.0 Å². The summed E-state index contributed by atoms with van der Waals surface area (Å²) in [5.74, 6) is 0.930. The molecule has 0 bridgehead atoms. The molecule has 1 heterocycles. The molecule has 0 aliphatic carbocycles. The summed E-state index contributed by atoms with van der Waals surface area (Å²) in [4.78, 5) is 2.13. The molecule has 0 spiro atoms. The summed E-state index contributed by atoms with van der Waals surface area (Å²) in [6.45, 7) is 9.24. The Morgan fingerprint density at radius 1 is 1.26 bits per heavy atom. The molecule has 3 nitrogen and oxygen atoms in total. The van der Waals surface area contributed by atoms with Gasteiger partial charge in [0, 0.05) is 25.7 Å². The molecule has 1 aromatic rings. The van der Waals surface area contributed by atoms with Crippen LogP contribution in [0.25, 0.3) is 5.57 Å². The van der Waals surface area contributed by atoms with Crippen molar-refractivity contribution in [2.45, 2.75) is 33.2 Å². The number of allylic oxidation sites excluding steroid dienone is 1. The Balaban J connectivity index is 2.61. The molecule has 0 aromatic heterocycles. The molecule has 1 aliphatic heterocycles. The highest BCUT2D eigenvalue weighted by atomic mass is 16.5. The van der Waals surface area contributed by atoms with Crippen LogP contribution in [0, 0.1) is 0 Å². The van der Waals surface area contributed by atoms with Crippen molar-refractivity contribution in [1.29, 1.82) is 0 Å². The van der Waals surface area contributed by atoms with Gasteiger partial charge < -0.3 is 15.0 Å². The maximum atomic E-state index is 5.68. The van der Waals surface area contributed by atoms with E-state index >= 15 is 0 Å². The number of benzene rings is 1. The third-order valence-corrected chi connectivity index (χ3v) is 3.33. The Kier molecular flexibility index (Phi) is 3.48. The molecule has 0 saturated carbocycles. The topological polar surface area (TPSA) is 24.5 Å². The molecule has 1 aliphatic rings. The number of fused-ring (bicyclic) bond motifs is 1. The summed E-state index contributed by atoms with van der Waals surface area (Å²) in [6.07, 6.45) is 2.27. The van der Waals surface area contributed by atoms with Crippen molar-refractivity contribution in [3.8, 4) is 5.75 Å². The SMILES string of the molecule is CCOc1cc2c(c(N(C)C)c1)NC(C)(C)C=C2C. The van der Waals surface area contributed by atoms with Gasteiger partial charge in [-0.15, -0.1) is 0 Å². The van der Waals surface area contributed by atoms with Crippen LogP contribution >= 0.6 is 0 Å². The lowest BCUT2D eigenvalue weighted by Gasteiger charge is -2.34. The fraction of sp³-hybridized carbons (Fsp3) is 0.500. The van der Waals surface area contributed by atoms with Crippen molar-refractivity contribution in [2.24, 2.45) is 0 Å². The van der Waals surface area contributed by atoms with E-state index in [1.54, 1.807) is 0 Å². The van der Waals surface area contributed by atoms with Crippen molar-refractivity contribution in [3.63, 3.8) is 0 Å². The molecule has 1 N–H and O–H groups in total. The number of anilines is 2. The van der Waals surface area contributed by atoms with Crippen LogP contribution in [0.4, 0.5) is 11.4 Å². The number of rotatable bonds is 3. The fourth-order valence-electron chi connectivity index (χ4n) is 2.62. The minimum atomic E-state index is -0.0189. The van der Waals surface area contributed by atoms with E-state index < -0.39 is 0 Å². The monoisotopic (exact) mass is 260 g/mol. The van der Waals surface area contributed by atoms with E-state index in [0.717, 1.165) is 5.75 Å². The first-order valence-electron chi connectivity index (χ1n) is 6.80. The van der Waals surface area contributed by atoms with Gasteiger partial charge in [-0.05, 0) is 39.3 Å². The Labute approximate surface area is 116 Å². The molecule has 1 aromatic carbocycles. The molecule has 0 fully saturated rings. The number of ether oxygens (including phenoxy) is 1. The number of nitrogens with zero attached hydrogens (tertiary/aromatic N) is 1. The Bertz CT molecular complexity index is 516. The number of hydrogen-bond donors (Lipinski definition) is 1. The zero-order valence-corrected chi connectivity index (χ0v) is 12.8. The van der Waals surface area contributed by atoms with E-state index in [1.807, 2.05) is 6.92 Å². The molecule has 104 valence electrons. The summed E-state index contributed by atoms with van der Waals surface area (Å²) in [7, 11) is 4.13. The quantitative estimate of drug-likeness (QED) is 0.895. The lowest BCUT2D eigenvalue weighted by Crippen LogP contribution is -2.32. The standard InChI is InChI=1S/C16H24N2O/c1-7-19-12-8-13-11(2)10-16(3,4)17-15(13)14(9-12)18(5)6/h8-10,17H,7H2,1-6H3. The van der Waals surface area contributed by atoms with E-state index in [2.05, 4.69) is 63.3 Å². The summed E-state index contributed by atoms with van der Waals surface area (Å²) in [5, 5.41) is 3.61. The van der Waals surface area contributed by atoms with Gasteiger partial charge in [0.1, 0.15) is 5.75 Å². The normalized spacial score (nSPS) is 16.2. The van der Waals surface area contributed by atoms with Crippen molar-refractivity contribution in [3.05, 3.63) is 23.8 Å². The second kappa shape index (κ2) is 4.80. The molecule has 0 unspecified atom stereocenters. The molecule has 0 atom stereocenters. The van der Waals surface area contributed by atoms with Crippen LogP contribution in [0.2, 0.25) is 0 Å². The van der Waals surface area contributed by atoms with Gasteiger partial charge in [0.25, 0.3) is 0 Å². The highest BCUT2D eigenvalue weighted by Gasteiger charge is 2.25. The van der Waals surface area contributed by atoms with Crippen LogP contribution in [0.1, 0.15) is 33.3 Å². The van der Waals surface area contributed by atoms with Gasteiger partial charge in [0.2, 0.25) is 0 Å². The van der Waals surface area contributed by atoms with E-state index in [0.29, 0.717) is 6.61 Å². The molecule has 19 heavy (non-hydrogen) atoms. The maximum absolute atomic E-state index is 5.68. The lowest BCUT2D eigenvalue weighted by molar-refractivity contribution is 0.340. The minimum Gasteiger partial charge on any atom is -0.494 e. The van der Waals surface area contributed by atoms with Crippen LogP contribution in [-0.4, -0.2) is 26.2 Å². The fourth-order valence-corrected chi connectivity index (χ4v) is 2.62.